The topological polar surface area (TPSA) is 26.3 Å². The molecule has 0 bridgehead atoms. The average molecular weight is 268 g/mol. The molecule has 0 amide bonds. The first-order chi connectivity index (χ1) is 7.95. The van der Waals surface area contributed by atoms with Crippen LogP contribution in [0.2, 0.25) is 18.1 Å². The van der Waals surface area contributed by atoms with Crippen LogP contribution in [0.1, 0.15) is 53.9 Å². The first-order valence-corrected chi connectivity index (χ1v) is 9.76. The molecule has 1 saturated carbocycles. The van der Waals surface area contributed by atoms with Crippen LogP contribution in [0.25, 0.3) is 0 Å². The fourth-order valence-corrected chi connectivity index (χ4v) is 2.61. The van der Waals surface area contributed by atoms with Gasteiger partial charge in [0.1, 0.15) is 0 Å². The smallest absolute Gasteiger partial charge is 0.249 e. The fourth-order valence-electron chi connectivity index (χ4n) is 1.82. The number of allylic oxidation sites excluding steroid dienone is 1. The SMILES string of the molecule is CC1(C)CCC(=O)C(=CO[Si](C)(C)C(C)(C)C)C1. The van der Waals surface area contributed by atoms with Crippen LogP contribution in [0, 0.1) is 5.41 Å². The van der Waals surface area contributed by atoms with Crippen LogP contribution in [0.4, 0.5) is 0 Å². The van der Waals surface area contributed by atoms with Crippen molar-refractivity contribution in [2.75, 3.05) is 0 Å². The van der Waals surface area contributed by atoms with E-state index in [0.29, 0.717) is 6.42 Å². The van der Waals surface area contributed by atoms with E-state index in [1.54, 1.807) is 6.26 Å². The highest BCUT2D eigenvalue weighted by molar-refractivity contribution is 6.74. The Morgan fingerprint density at radius 1 is 1.28 bits per heavy atom. The molecule has 0 N–H and O–H groups in total. The van der Waals surface area contributed by atoms with Gasteiger partial charge in [0, 0.05) is 12.0 Å². The van der Waals surface area contributed by atoms with Crippen molar-refractivity contribution in [3.05, 3.63) is 11.8 Å². The van der Waals surface area contributed by atoms with Gasteiger partial charge in [-0.2, -0.15) is 0 Å². The standard InChI is InChI=1S/C15H28O2Si/c1-14(2,3)18(6,7)17-11-12-10-15(4,5)9-8-13(12)16/h11H,8-10H2,1-7H3. The summed E-state index contributed by atoms with van der Waals surface area (Å²) in [5.41, 5.74) is 1.12. The van der Waals surface area contributed by atoms with Crippen molar-refractivity contribution in [1.29, 1.82) is 0 Å². The van der Waals surface area contributed by atoms with E-state index in [4.69, 9.17) is 4.43 Å². The maximum absolute atomic E-state index is 11.9. The summed E-state index contributed by atoms with van der Waals surface area (Å²) >= 11 is 0. The first kappa shape index (κ1) is 15.5. The summed E-state index contributed by atoms with van der Waals surface area (Å²) in [6.07, 6.45) is 4.28. The van der Waals surface area contributed by atoms with Gasteiger partial charge in [0.25, 0.3) is 0 Å². The van der Waals surface area contributed by atoms with E-state index in [1.165, 1.54) is 0 Å². The van der Waals surface area contributed by atoms with Gasteiger partial charge in [0.2, 0.25) is 8.32 Å². The van der Waals surface area contributed by atoms with Crippen LogP contribution in [-0.4, -0.2) is 14.1 Å². The minimum Gasteiger partial charge on any atom is -0.549 e. The lowest BCUT2D eigenvalue weighted by Gasteiger charge is -2.36. The summed E-state index contributed by atoms with van der Waals surface area (Å²) in [7, 11) is -1.79. The lowest BCUT2D eigenvalue weighted by molar-refractivity contribution is -0.117. The lowest BCUT2D eigenvalue weighted by Crippen LogP contribution is -2.39. The van der Waals surface area contributed by atoms with Crippen LogP contribution in [0.5, 0.6) is 0 Å². The molecule has 1 aliphatic carbocycles. The Kier molecular flexibility index (Phi) is 4.16. The first-order valence-electron chi connectivity index (χ1n) is 6.85. The fraction of sp³-hybridized carbons (Fsp3) is 0.800. The second-order valence-electron chi connectivity index (χ2n) is 7.79. The Morgan fingerprint density at radius 2 is 1.83 bits per heavy atom. The van der Waals surface area contributed by atoms with Crippen molar-refractivity contribution in [2.24, 2.45) is 5.41 Å². The molecule has 3 heteroatoms. The van der Waals surface area contributed by atoms with Crippen molar-refractivity contribution >= 4 is 14.1 Å². The molecule has 2 nitrogen and oxygen atoms in total. The van der Waals surface area contributed by atoms with Gasteiger partial charge in [-0.15, -0.1) is 0 Å². The molecule has 0 radical (unpaired) electrons. The molecule has 0 saturated heterocycles. The number of ketones is 1. The molecule has 1 fully saturated rings. The molecule has 0 aromatic rings. The van der Waals surface area contributed by atoms with Gasteiger partial charge in [-0.25, -0.2) is 0 Å². The summed E-state index contributed by atoms with van der Waals surface area (Å²) < 4.78 is 6.05. The molecular formula is C15H28O2Si. The maximum Gasteiger partial charge on any atom is 0.249 e. The average Bonchev–Trinajstić information content (AvgIpc) is 2.18. The zero-order valence-electron chi connectivity index (χ0n) is 13.0. The van der Waals surface area contributed by atoms with Crippen LogP contribution >= 0.6 is 0 Å². The summed E-state index contributed by atoms with van der Waals surface area (Å²) in [5, 5.41) is 0.178. The van der Waals surface area contributed by atoms with Gasteiger partial charge in [-0.05, 0) is 36.4 Å². The van der Waals surface area contributed by atoms with E-state index in [9.17, 15) is 4.79 Å². The Hall–Kier alpha value is -0.573. The van der Waals surface area contributed by atoms with E-state index >= 15 is 0 Å². The van der Waals surface area contributed by atoms with Gasteiger partial charge < -0.3 is 4.43 Å². The number of hydrogen-bond acceptors (Lipinski definition) is 2. The van der Waals surface area contributed by atoms with Crippen LogP contribution in [0.3, 0.4) is 0 Å². The summed E-state index contributed by atoms with van der Waals surface area (Å²) in [6.45, 7) is 15.5. The number of carbonyl (C=O) groups excluding carboxylic acids is 1. The third-order valence-corrected chi connectivity index (χ3v) is 8.68. The molecule has 0 atom stereocenters. The van der Waals surface area contributed by atoms with Crippen LogP contribution in [0.15, 0.2) is 11.8 Å². The van der Waals surface area contributed by atoms with Gasteiger partial charge in [0.15, 0.2) is 5.78 Å². The highest BCUT2D eigenvalue weighted by atomic mass is 28.4. The van der Waals surface area contributed by atoms with Crippen molar-refractivity contribution in [2.45, 2.75) is 72.0 Å². The Balaban J connectivity index is 2.81. The zero-order valence-corrected chi connectivity index (χ0v) is 14.0. The molecule has 1 aliphatic rings. The predicted octanol–water partition coefficient (Wildman–Crippen LogP) is 4.67. The zero-order chi connectivity index (χ0) is 14.2. The molecule has 104 valence electrons. The second-order valence-corrected chi connectivity index (χ2v) is 12.5. The number of hydrogen-bond donors (Lipinski definition) is 0. The number of carbonyl (C=O) groups is 1. The molecule has 0 aromatic carbocycles. The minimum absolute atomic E-state index is 0.178. The monoisotopic (exact) mass is 268 g/mol. The van der Waals surface area contributed by atoms with E-state index in [2.05, 4.69) is 47.7 Å². The molecule has 0 aromatic heterocycles. The van der Waals surface area contributed by atoms with E-state index in [-0.39, 0.29) is 16.2 Å². The van der Waals surface area contributed by atoms with Gasteiger partial charge in [-0.1, -0.05) is 34.6 Å². The van der Waals surface area contributed by atoms with Gasteiger partial charge in [-0.3, -0.25) is 4.79 Å². The second kappa shape index (κ2) is 4.84. The highest BCUT2D eigenvalue weighted by Gasteiger charge is 2.38. The van der Waals surface area contributed by atoms with Crippen molar-refractivity contribution in [3.8, 4) is 0 Å². The summed E-state index contributed by atoms with van der Waals surface area (Å²) in [6, 6.07) is 0. The molecular weight excluding hydrogens is 240 g/mol. The van der Waals surface area contributed by atoms with E-state index in [0.717, 1.165) is 18.4 Å². The third kappa shape index (κ3) is 3.71. The van der Waals surface area contributed by atoms with Crippen LogP contribution in [-0.2, 0) is 9.22 Å². The number of rotatable bonds is 2. The molecule has 0 unspecified atom stereocenters. The molecule has 18 heavy (non-hydrogen) atoms. The van der Waals surface area contributed by atoms with Crippen molar-refractivity contribution in [1.82, 2.24) is 0 Å². The van der Waals surface area contributed by atoms with Gasteiger partial charge >= 0.3 is 0 Å². The Labute approximate surface area is 113 Å². The maximum atomic E-state index is 11.9. The molecule has 0 spiro atoms. The quantitative estimate of drug-likeness (QED) is 0.413. The van der Waals surface area contributed by atoms with E-state index < -0.39 is 8.32 Å². The van der Waals surface area contributed by atoms with Crippen LogP contribution < -0.4 is 0 Å². The largest absolute Gasteiger partial charge is 0.549 e. The summed E-state index contributed by atoms with van der Waals surface area (Å²) in [5.74, 6) is 0.271. The molecule has 1 rings (SSSR count). The number of Topliss-reactive ketones (excluding diaryl/α,β-unsaturated/α-hetero) is 1. The Morgan fingerprint density at radius 3 is 2.33 bits per heavy atom. The third-order valence-electron chi connectivity index (χ3n) is 4.36. The molecule has 0 heterocycles. The molecule has 0 aliphatic heterocycles. The minimum atomic E-state index is -1.79. The summed E-state index contributed by atoms with van der Waals surface area (Å²) in [4.78, 5) is 11.9. The van der Waals surface area contributed by atoms with Gasteiger partial charge in [0.05, 0.1) is 6.26 Å². The van der Waals surface area contributed by atoms with E-state index in [1.807, 2.05) is 0 Å². The lowest BCUT2D eigenvalue weighted by atomic mass is 9.75. The highest BCUT2D eigenvalue weighted by Crippen LogP contribution is 2.39. The van der Waals surface area contributed by atoms with Crippen molar-refractivity contribution in [3.63, 3.8) is 0 Å². The predicted molar refractivity (Wildman–Crippen MR) is 79.0 cm³/mol. The Bertz CT molecular complexity index is 359. The van der Waals surface area contributed by atoms with Crippen molar-refractivity contribution < 1.29 is 9.22 Å². The normalized spacial score (nSPS) is 23.3.